The first-order valence-electron chi connectivity index (χ1n) is 2.69. The summed E-state index contributed by atoms with van der Waals surface area (Å²) in [7, 11) is 0. The Morgan fingerprint density at radius 2 is 1.78 bits per heavy atom. The molecule has 0 atom stereocenters. The second kappa shape index (κ2) is 2.90. The van der Waals surface area contributed by atoms with Crippen LogP contribution >= 0.6 is 12.0 Å². The molecule has 0 amide bonds. The molecule has 0 saturated carbocycles. The van der Waals surface area contributed by atoms with Gasteiger partial charge in [0.15, 0.2) is 0 Å². The average Bonchev–Trinajstić information content (AvgIpc) is 1.90. The minimum atomic E-state index is 0.527. The summed E-state index contributed by atoms with van der Waals surface area (Å²) in [5.74, 6) is 0. The van der Waals surface area contributed by atoms with Gasteiger partial charge in [-0.2, -0.15) is 0 Å². The van der Waals surface area contributed by atoms with Crippen LogP contribution < -0.4 is 0 Å². The molecule has 0 bridgehead atoms. The summed E-state index contributed by atoms with van der Waals surface area (Å²) in [6, 6.07) is 7.51. The predicted molar refractivity (Wildman–Crippen MR) is 37.7 cm³/mol. The zero-order valence-corrected chi connectivity index (χ0v) is 5.94. The first kappa shape index (κ1) is 6.65. The topological polar surface area (TPSA) is 19.9 Å². The molecule has 0 heterocycles. The molecule has 47 valence electrons. The van der Waals surface area contributed by atoms with E-state index in [9.17, 15) is 4.55 Å². The zero-order valence-electron chi connectivity index (χ0n) is 5.13. The average molecular weight is 139 g/mol. The SMILES string of the molecule is Cc1ccc(S[O])cc1. The zero-order chi connectivity index (χ0) is 6.69. The highest BCUT2D eigenvalue weighted by molar-refractivity contribution is 7.93. The fourth-order valence-corrected chi connectivity index (χ4v) is 0.841. The summed E-state index contributed by atoms with van der Waals surface area (Å²) >= 11 is 0.527. The van der Waals surface area contributed by atoms with Gasteiger partial charge in [0.05, 0.1) is 12.0 Å². The van der Waals surface area contributed by atoms with Crippen molar-refractivity contribution in [3.8, 4) is 0 Å². The first-order chi connectivity index (χ1) is 4.33. The highest BCUT2D eigenvalue weighted by Crippen LogP contribution is 2.14. The van der Waals surface area contributed by atoms with Gasteiger partial charge in [-0.05, 0) is 19.1 Å². The lowest BCUT2D eigenvalue weighted by Crippen LogP contribution is -1.69. The van der Waals surface area contributed by atoms with Crippen LogP contribution in [0.2, 0.25) is 0 Å². The van der Waals surface area contributed by atoms with Crippen LogP contribution in [0, 0.1) is 6.92 Å². The molecule has 0 fully saturated rings. The molecule has 9 heavy (non-hydrogen) atoms. The van der Waals surface area contributed by atoms with Crippen molar-refractivity contribution in [2.75, 3.05) is 0 Å². The third-order valence-electron chi connectivity index (χ3n) is 1.12. The molecule has 0 aliphatic rings. The Kier molecular flexibility index (Phi) is 2.14. The molecule has 1 aromatic carbocycles. The van der Waals surface area contributed by atoms with E-state index in [0.717, 1.165) is 4.90 Å². The molecule has 0 unspecified atom stereocenters. The molecule has 1 radical (unpaired) electrons. The van der Waals surface area contributed by atoms with Crippen molar-refractivity contribution in [2.45, 2.75) is 11.8 Å². The second-order valence-electron chi connectivity index (χ2n) is 1.90. The van der Waals surface area contributed by atoms with Crippen LogP contribution in [0.1, 0.15) is 5.56 Å². The van der Waals surface area contributed by atoms with Crippen LogP contribution in [0.15, 0.2) is 29.2 Å². The molecule has 0 aromatic heterocycles. The third-order valence-corrected chi connectivity index (χ3v) is 1.58. The van der Waals surface area contributed by atoms with E-state index in [1.807, 2.05) is 31.2 Å². The molecule has 1 rings (SSSR count). The highest BCUT2D eigenvalue weighted by Gasteiger charge is 1.88. The molecule has 0 aliphatic heterocycles. The summed E-state index contributed by atoms with van der Waals surface area (Å²) in [6.07, 6.45) is 0. The minimum Gasteiger partial charge on any atom is -0.145 e. The minimum absolute atomic E-state index is 0.527. The summed E-state index contributed by atoms with van der Waals surface area (Å²) in [4.78, 5) is 0.778. The molecule has 1 aromatic rings. The van der Waals surface area contributed by atoms with E-state index in [4.69, 9.17) is 0 Å². The van der Waals surface area contributed by atoms with Crippen molar-refractivity contribution >= 4 is 12.0 Å². The standard InChI is InChI=1S/C7H7OS/c1-6-2-4-7(9-8)5-3-6/h2-5H,1H3. The maximum absolute atomic E-state index is 10.2. The number of benzene rings is 1. The molecule has 0 saturated heterocycles. The van der Waals surface area contributed by atoms with E-state index < -0.39 is 0 Å². The van der Waals surface area contributed by atoms with Crippen LogP contribution in [0.4, 0.5) is 0 Å². The Hall–Kier alpha value is -0.470. The maximum atomic E-state index is 10.2. The third kappa shape index (κ3) is 1.73. The maximum Gasteiger partial charge on any atom is 0.0695 e. The van der Waals surface area contributed by atoms with E-state index in [-0.39, 0.29) is 0 Å². The summed E-state index contributed by atoms with van der Waals surface area (Å²) in [5.41, 5.74) is 1.19. The van der Waals surface area contributed by atoms with E-state index in [1.54, 1.807) is 0 Å². The van der Waals surface area contributed by atoms with Crippen molar-refractivity contribution in [1.29, 1.82) is 0 Å². The molecular formula is C7H7OS. The van der Waals surface area contributed by atoms with Crippen molar-refractivity contribution in [1.82, 2.24) is 0 Å². The van der Waals surface area contributed by atoms with Crippen LogP contribution in [-0.4, -0.2) is 0 Å². The lowest BCUT2D eigenvalue weighted by molar-refractivity contribution is 0.531. The van der Waals surface area contributed by atoms with Gasteiger partial charge in [-0.3, -0.25) is 0 Å². The molecular weight excluding hydrogens is 132 g/mol. The summed E-state index contributed by atoms with van der Waals surface area (Å²) < 4.78 is 10.2. The van der Waals surface area contributed by atoms with E-state index in [2.05, 4.69) is 0 Å². The lowest BCUT2D eigenvalue weighted by Gasteiger charge is -1.91. The molecule has 2 heteroatoms. The Balaban J connectivity index is 2.88. The summed E-state index contributed by atoms with van der Waals surface area (Å²) in [5, 5.41) is 0. The first-order valence-corrected chi connectivity index (χ1v) is 3.43. The number of aryl methyl sites for hydroxylation is 1. The van der Waals surface area contributed by atoms with Crippen molar-refractivity contribution in [2.24, 2.45) is 0 Å². The van der Waals surface area contributed by atoms with E-state index in [1.165, 1.54) is 5.56 Å². The fourth-order valence-electron chi connectivity index (χ4n) is 0.594. The highest BCUT2D eigenvalue weighted by atomic mass is 32.2. The van der Waals surface area contributed by atoms with Crippen LogP contribution in [0.5, 0.6) is 0 Å². The Labute approximate surface area is 58.9 Å². The van der Waals surface area contributed by atoms with Crippen LogP contribution in [-0.2, 0) is 4.55 Å². The van der Waals surface area contributed by atoms with Crippen LogP contribution in [0.3, 0.4) is 0 Å². The monoisotopic (exact) mass is 139 g/mol. The summed E-state index contributed by atoms with van der Waals surface area (Å²) in [6.45, 7) is 2.00. The lowest BCUT2D eigenvalue weighted by atomic mass is 10.2. The molecule has 0 spiro atoms. The number of rotatable bonds is 1. The van der Waals surface area contributed by atoms with Crippen molar-refractivity contribution in [3.63, 3.8) is 0 Å². The smallest absolute Gasteiger partial charge is 0.0695 e. The number of hydrogen-bond acceptors (Lipinski definition) is 1. The predicted octanol–water partition coefficient (Wildman–Crippen LogP) is 2.43. The van der Waals surface area contributed by atoms with E-state index >= 15 is 0 Å². The van der Waals surface area contributed by atoms with Gasteiger partial charge < -0.3 is 0 Å². The van der Waals surface area contributed by atoms with Gasteiger partial charge in [-0.1, -0.05) is 17.7 Å². The van der Waals surface area contributed by atoms with Crippen molar-refractivity contribution in [3.05, 3.63) is 29.8 Å². The van der Waals surface area contributed by atoms with E-state index in [0.29, 0.717) is 12.0 Å². The van der Waals surface area contributed by atoms with Gasteiger partial charge in [0.2, 0.25) is 0 Å². The van der Waals surface area contributed by atoms with Gasteiger partial charge in [0.25, 0.3) is 0 Å². The Morgan fingerprint density at radius 1 is 1.22 bits per heavy atom. The normalized spacial score (nSPS) is 9.56. The van der Waals surface area contributed by atoms with Gasteiger partial charge in [0, 0.05) is 4.90 Å². The van der Waals surface area contributed by atoms with Crippen molar-refractivity contribution < 1.29 is 4.55 Å². The molecule has 0 aliphatic carbocycles. The second-order valence-corrected chi connectivity index (χ2v) is 2.53. The quantitative estimate of drug-likeness (QED) is 0.547. The number of hydrogen-bond donors (Lipinski definition) is 0. The molecule has 0 N–H and O–H groups in total. The van der Waals surface area contributed by atoms with Gasteiger partial charge in [-0.25, -0.2) is 0 Å². The fraction of sp³-hybridized carbons (Fsp3) is 0.143. The van der Waals surface area contributed by atoms with Gasteiger partial charge in [0.1, 0.15) is 0 Å². The Bertz CT molecular complexity index is 181. The largest absolute Gasteiger partial charge is 0.145 e. The van der Waals surface area contributed by atoms with Gasteiger partial charge in [-0.15, -0.1) is 4.55 Å². The molecule has 1 nitrogen and oxygen atoms in total. The van der Waals surface area contributed by atoms with Gasteiger partial charge >= 0.3 is 0 Å². The van der Waals surface area contributed by atoms with Crippen LogP contribution in [0.25, 0.3) is 0 Å². The Morgan fingerprint density at radius 3 is 2.22 bits per heavy atom.